The van der Waals surface area contributed by atoms with Gasteiger partial charge in [0.05, 0.1) is 90.0 Å². The van der Waals surface area contributed by atoms with Gasteiger partial charge in [-0.15, -0.1) is 0 Å². The third-order valence-electron chi connectivity index (χ3n) is 12.4. The number of amides is 3. The first-order chi connectivity index (χ1) is 36.9. The van der Waals surface area contributed by atoms with Crippen LogP contribution in [0.3, 0.4) is 0 Å². The normalized spacial score (nSPS) is 16.2. The van der Waals surface area contributed by atoms with E-state index < -0.39 is 64.5 Å². The molecule has 21 nitrogen and oxygen atoms in total. The van der Waals surface area contributed by atoms with Crippen LogP contribution in [0.5, 0.6) is 23.0 Å². The quantitative estimate of drug-likeness (QED) is 0.100. The lowest BCUT2D eigenvalue weighted by molar-refractivity contribution is -0.153. The molecule has 2 aromatic carbocycles. The third kappa shape index (κ3) is 23.0. The molecular weight excluding hydrogens is 1010 g/mol. The van der Waals surface area contributed by atoms with Crippen LogP contribution in [0.4, 0.5) is 0 Å². The van der Waals surface area contributed by atoms with Crippen molar-refractivity contribution in [2.24, 2.45) is 28.6 Å². The van der Waals surface area contributed by atoms with Gasteiger partial charge in [0.1, 0.15) is 32.5 Å². The molecule has 0 radical (unpaired) electrons. The molecule has 1 heterocycles. The standard InChI is InChI=1S/C57H85N3O18/c1-36(2)29-42(45(62)34-56(7,8)54(67)69-11)59-51(64)38(5)31-44(61)40-13-15-47-49(32-40)77-27-23-73-19-17-72-22-26-76-48-16-14-41(33-50(48)78-28-24-74-20-18-71-21-25-75-47)53(66)58-39(6)52(65)60-43(30-37(3)4)46(63)35-57(9,10)55(68)70-12/h13-16,32-33,36-39,42-43H,17-31,34-35H2,1-12H3,(H,58,66)(H,59,64)(H,60,65). The fourth-order valence-corrected chi connectivity index (χ4v) is 8.02. The van der Waals surface area contributed by atoms with Gasteiger partial charge in [0.15, 0.2) is 40.3 Å². The lowest BCUT2D eigenvalue weighted by atomic mass is 9.84. The second kappa shape index (κ2) is 33.3. The summed E-state index contributed by atoms with van der Waals surface area (Å²) in [7, 11) is 2.51. The van der Waals surface area contributed by atoms with Gasteiger partial charge in [-0.05, 0) is 95.7 Å². The molecule has 4 atom stereocenters. The van der Waals surface area contributed by atoms with Crippen LogP contribution in [-0.2, 0) is 57.2 Å². The Labute approximate surface area is 459 Å². The van der Waals surface area contributed by atoms with Crippen molar-refractivity contribution >= 4 is 47.0 Å². The second-order valence-corrected chi connectivity index (χ2v) is 21.3. The summed E-state index contributed by atoms with van der Waals surface area (Å²) in [6.45, 7) is 19.3. The van der Waals surface area contributed by atoms with E-state index in [4.69, 9.17) is 47.4 Å². The molecule has 78 heavy (non-hydrogen) atoms. The molecule has 21 heteroatoms. The zero-order chi connectivity index (χ0) is 58.0. The molecule has 0 aromatic heterocycles. The minimum absolute atomic E-state index is 0.0446. The Morgan fingerprint density at radius 2 is 0.846 bits per heavy atom. The van der Waals surface area contributed by atoms with Crippen LogP contribution in [0.1, 0.15) is 122 Å². The first kappa shape index (κ1) is 66.1. The highest BCUT2D eigenvalue weighted by molar-refractivity contribution is 6.01. The van der Waals surface area contributed by atoms with Crippen molar-refractivity contribution < 1.29 is 85.7 Å². The van der Waals surface area contributed by atoms with Crippen molar-refractivity contribution in [2.75, 3.05) is 93.5 Å². The van der Waals surface area contributed by atoms with E-state index in [1.165, 1.54) is 33.3 Å². The number of nitrogens with one attached hydrogen (secondary N) is 3. The highest BCUT2D eigenvalue weighted by Gasteiger charge is 2.37. The van der Waals surface area contributed by atoms with Gasteiger partial charge in [-0.25, -0.2) is 0 Å². The van der Waals surface area contributed by atoms with E-state index in [0.717, 1.165) is 0 Å². The Morgan fingerprint density at radius 1 is 0.487 bits per heavy atom. The SMILES string of the molecule is COC(=O)C(C)(C)CC(=O)C(CC(C)C)NC(=O)C(C)CC(=O)c1ccc2c(c1)OCCOCCOCCOc1ccc(C(=O)NC(C)C(=O)NC(CC(C)C)C(=O)CC(C)(C)C(=O)OC)cc1OCCOCCOCCO2. The summed E-state index contributed by atoms with van der Waals surface area (Å²) in [5, 5.41) is 8.27. The topological polar surface area (TPSA) is 265 Å². The second-order valence-electron chi connectivity index (χ2n) is 21.3. The van der Waals surface area contributed by atoms with Gasteiger partial charge in [0, 0.05) is 36.3 Å². The van der Waals surface area contributed by atoms with Crippen molar-refractivity contribution in [2.45, 2.75) is 119 Å². The number of ether oxygens (including phenoxy) is 10. The Balaban J connectivity index is 1.60. The van der Waals surface area contributed by atoms with E-state index in [9.17, 15) is 38.4 Å². The van der Waals surface area contributed by atoms with Crippen LogP contribution < -0.4 is 34.9 Å². The predicted molar refractivity (Wildman–Crippen MR) is 287 cm³/mol. The van der Waals surface area contributed by atoms with E-state index in [1.54, 1.807) is 58.9 Å². The summed E-state index contributed by atoms with van der Waals surface area (Å²) in [5.74, 6) is -3.09. The van der Waals surface area contributed by atoms with E-state index in [1.807, 2.05) is 27.7 Å². The number of ketones is 3. The number of methoxy groups -OCH3 is 2. The Bertz CT molecular complexity index is 2140. The number of Topliss-reactive ketones (excluding diaryl/α,β-unsaturated/α-hetero) is 3. The molecule has 4 unspecified atom stereocenters. The van der Waals surface area contributed by atoms with E-state index in [-0.39, 0.29) is 150 Å². The largest absolute Gasteiger partial charge is 0.487 e. The van der Waals surface area contributed by atoms with Gasteiger partial charge in [0.2, 0.25) is 11.8 Å². The number of esters is 2. The van der Waals surface area contributed by atoms with Crippen molar-refractivity contribution in [3.05, 3.63) is 47.5 Å². The molecule has 3 rings (SSSR count). The minimum Gasteiger partial charge on any atom is -0.487 e. The fraction of sp³-hybridized carbons (Fsp3) is 0.649. The average Bonchev–Trinajstić information content (AvgIpc) is 3.39. The fourth-order valence-electron chi connectivity index (χ4n) is 8.02. The summed E-state index contributed by atoms with van der Waals surface area (Å²) in [4.78, 5) is 105. The number of hydrogen-bond acceptors (Lipinski definition) is 18. The van der Waals surface area contributed by atoms with Gasteiger partial charge in [0.25, 0.3) is 5.91 Å². The number of fused-ring (bicyclic) bond motifs is 2. The zero-order valence-corrected chi connectivity index (χ0v) is 47.8. The summed E-state index contributed by atoms with van der Waals surface area (Å²) >= 11 is 0. The van der Waals surface area contributed by atoms with Gasteiger partial charge >= 0.3 is 11.9 Å². The van der Waals surface area contributed by atoms with Gasteiger partial charge in [-0.1, -0.05) is 34.6 Å². The zero-order valence-electron chi connectivity index (χ0n) is 47.8. The molecule has 3 amide bonds. The number of hydrogen-bond donors (Lipinski definition) is 3. The molecule has 0 bridgehead atoms. The molecule has 436 valence electrons. The maximum absolute atomic E-state index is 13.6. The lowest BCUT2D eigenvalue weighted by Crippen LogP contribution is -2.51. The number of carbonyl (C=O) groups excluding carboxylic acids is 8. The Morgan fingerprint density at radius 3 is 1.24 bits per heavy atom. The minimum atomic E-state index is -1.09. The monoisotopic (exact) mass is 1100 g/mol. The van der Waals surface area contributed by atoms with Gasteiger partial charge < -0.3 is 63.3 Å². The molecule has 1 aliphatic heterocycles. The van der Waals surface area contributed by atoms with Crippen molar-refractivity contribution in [3.63, 3.8) is 0 Å². The molecule has 0 saturated heterocycles. The predicted octanol–water partition coefficient (Wildman–Crippen LogP) is 5.69. The molecule has 0 fully saturated rings. The third-order valence-corrected chi connectivity index (χ3v) is 12.4. The van der Waals surface area contributed by atoms with Crippen LogP contribution in [0.2, 0.25) is 0 Å². The van der Waals surface area contributed by atoms with Crippen LogP contribution in [0, 0.1) is 28.6 Å². The lowest BCUT2D eigenvalue weighted by Gasteiger charge is -2.26. The molecular formula is C57H85N3O18. The molecule has 3 N–H and O–H groups in total. The Kier molecular flexibility index (Phi) is 28.2. The van der Waals surface area contributed by atoms with E-state index >= 15 is 0 Å². The van der Waals surface area contributed by atoms with Crippen molar-refractivity contribution in [1.82, 2.24) is 16.0 Å². The maximum atomic E-state index is 13.6. The maximum Gasteiger partial charge on any atom is 0.311 e. The van der Waals surface area contributed by atoms with Gasteiger partial charge in [-0.3, -0.25) is 38.4 Å². The first-order valence-electron chi connectivity index (χ1n) is 26.7. The highest BCUT2D eigenvalue weighted by Crippen LogP contribution is 2.31. The molecule has 1 aliphatic rings. The number of rotatable bonds is 21. The average molecular weight is 1100 g/mol. The molecule has 2 aromatic rings. The van der Waals surface area contributed by atoms with Crippen LogP contribution in [0.15, 0.2) is 36.4 Å². The summed E-state index contributed by atoms with van der Waals surface area (Å²) < 4.78 is 56.6. The number of benzene rings is 2. The molecule has 0 saturated carbocycles. The summed E-state index contributed by atoms with van der Waals surface area (Å²) in [5.41, 5.74) is -1.70. The summed E-state index contributed by atoms with van der Waals surface area (Å²) in [6.07, 6.45) is 0.271. The van der Waals surface area contributed by atoms with E-state index in [0.29, 0.717) is 24.3 Å². The van der Waals surface area contributed by atoms with Crippen LogP contribution in [-0.4, -0.2) is 159 Å². The molecule has 0 spiro atoms. The van der Waals surface area contributed by atoms with Crippen LogP contribution in [0.25, 0.3) is 0 Å². The van der Waals surface area contributed by atoms with Crippen molar-refractivity contribution in [3.8, 4) is 23.0 Å². The molecule has 0 aliphatic carbocycles. The number of carbonyl (C=O) groups is 8. The highest BCUT2D eigenvalue weighted by atomic mass is 16.6. The first-order valence-corrected chi connectivity index (χ1v) is 26.7. The van der Waals surface area contributed by atoms with Gasteiger partial charge in [-0.2, -0.15) is 0 Å². The van der Waals surface area contributed by atoms with E-state index in [2.05, 4.69) is 16.0 Å². The Hall–Kier alpha value is -6.16. The summed E-state index contributed by atoms with van der Waals surface area (Å²) in [6, 6.07) is 6.58. The van der Waals surface area contributed by atoms with Crippen LogP contribution >= 0.6 is 0 Å². The smallest absolute Gasteiger partial charge is 0.311 e. The van der Waals surface area contributed by atoms with Crippen molar-refractivity contribution in [1.29, 1.82) is 0 Å².